The van der Waals surface area contributed by atoms with E-state index in [4.69, 9.17) is 0 Å². The molecule has 5 nitrogen and oxygen atoms in total. The van der Waals surface area contributed by atoms with Crippen LogP contribution in [0.4, 0.5) is 5.69 Å². The Morgan fingerprint density at radius 1 is 0.730 bits per heavy atom. The molecule has 2 amide bonds. The van der Waals surface area contributed by atoms with Crippen molar-refractivity contribution in [2.24, 2.45) is 0 Å². The smallest absolute Gasteiger partial charge is 0.272 e. The first-order chi connectivity index (χ1) is 18.0. The Bertz CT molecular complexity index is 1400. The summed E-state index contributed by atoms with van der Waals surface area (Å²) >= 11 is 1.44. The number of nitrogens with one attached hydrogen (secondary N) is 2. The molecule has 0 unspecified atom stereocenters. The van der Waals surface area contributed by atoms with Gasteiger partial charge in [0.2, 0.25) is 0 Å². The fourth-order valence-electron chi connectivity index (χ4n) is 3.46. The zero-order chi connectivity index (χ0) is 26.0. The summed E-state index contributed by atoms with van der Waals surface area (Å²) in [7, 11) is 0. The van der Waals surface area contributed by atoms with Crippen LogP contribution in [0.1, 0.15) is 31.8 Å². The number of anilines is 1. The van der Waals surface area contributed by atoms with Crippen LogP contribution in [0.25, 0.3) is 6.08 Å². The predicted octanol–water partition coefficient (Wildman–Crippen LogP) is 6.38. The van der Waals surface area contributed by atoms with Crippen LogP contribution >= 0.6 is 11.8 Å². The highest BCUT2D eigenvalue weighted by Gasteiger charge is 2.15. The molecule has 4 aromatic carbocycles. The van der Waals surface area contributed by atoms with Gasteiger partial charge in [-0.05, 0) is 55.0 Å². The molecule has 4 rings (SSSR count). The minimum atomic E-state index is -0.440. The van der Waals surface area contributed by atoms with E-state index in [1.165, 1.54) is 11.8 Å². The Morgan fingerprint density at radius 2 is 1.32 bits per heavy atom. The van der Waals surface area contributed by atoms with Crippen LogP contribution in [0.5, 0.6) is 0 Å². The van der Waals surface area contributed by atoms with E-state index in [2.05, 4.69) is 10.6 Å². The van der Waals surface area contributed by atoms with Gasteiger partial charge in [0.1, 0.15) is 5.70 Å². The van der Waals surface area contributed by atoms with Crippen LogP contribution in [0, 0.1) is 6.92 Å². The normalized spacial score (nSPS) is 11.0. The molecule has 184 valence electrons. The molecule has 0 aliphatic rings. The molecule has 0 aromatic heterocycles. The van der Waals surface area contributed by atoms with Crippen LogP contribution in [0.3, 0.4) is 0 Å². The van der Waals surface area contributed by atoms with Gasteiger partial charge in [-0.2, -0.15) is 0 Å². The highest BCUT2D eigenvalue weighted by molar-refractivity contribution is 8.00. The first kappa shape index (κ1) is 25.7. The molecule has 0 fully saturated rings. The lowest BCUT2D eigenvalue weighted by Gasteiger charge is -2.12. The Hall–Kier alpha value is -4.42. The van der Waals surface area contributed by atoms with E-state index < -0.39 is 5.91 Å². The fraction of sp³-hybridized carbons (Fsp3) is 0.0645. The SMILES string of the molecule is Cc1ccc(/C=C(\NC(=O)c2ccccc2)C(=O)Nc2ccc(SCC(=O)c3ccccc3)cc2)cc1. The number of thioether (sulfide) groups is 1. The number of carbonyl (C=O) groups excluding carboxylic acids is 3. The van der Waals surface area contributed by atoms with E-state index in [1.807, 2.05) is 67.6 Å². The largest absolute Gasteiger partial charge is 0.321 e. The van der Waals surface area contributed by atoms with Gasteiger partial charge in [0.15, 0.2) is 5.78 Å². The fourth-order valence-corrected chi connectivity index (χ4v) is 4.25. The van der Waals surface area contributed by atoms with Crippen molar-refractivity contribution >= 4 is 41.1 Å². The maximum absolute atomic E-state index is 13.2. The molecule has 0 spiro atoms. The molecule has 2 N–H and O–H groups in total. The summed E-state index contributed by atoms with van der Waals surface area (Å²) in [6.07, 6.45) is 1.65. The summed E-state index contributed by atoms with van der Waals surface area (Å²) in [6.45, 7) is 1.98. The number of Topliss-reactive ketones (excluding diaryl/α,β-unsaturated/α-hetero) is 1. The summed E-state index contributed by atoms with van der Waals surface area (Å²) in [6, 6.07) is 32.8. The lowest BCUT2D eigenvalue weighted by Crippen LogP contribution is -2.30. The van der Waals surface area contributed by atoms with Crippen molar-refractivity contribution in [3.63, 3.8) is 0 Å². The molecule has 6 heteroatoms. The second-order valence-electron chi connectivity index (χ2n) is 8.35. The van der Waals surface area contributed by atoms with Crippen LogP contribution in [-0.2, 0) is 4.79 Å². The molecule has 0 aliphatic heterocycles. The molecule has 0 heterocycles. The monoisotopic (exact) mass is 506 g/mol. The lowest BCUT2D eigenvalue weighted by molar-refractivity contribution is -0.113. The summed E-state index contributed by atoms with van der Waals surface area (Å²) in [4.78, 5) is 39.2. The molecular weight excluding hydrogens is 480 g/mol. The minimum absolute atomic E-state index is 0.0584. The molecule has 0 atom stereocenters. The highest BCUT2D eigenvalue weighted by atomic mass is 32.2. The zero-order valence-corrected chi connectivity index (χ0v) is 21.1. The van der Waals surface area contributed by atoms with Crippen molar-refractivity contribution in [3.8, 4) is 0 Å². The number of amides is 2. The van der Waals surface area contributed by atoms with Crippen molar-refractivity contribution in [2.45, 2.75) is 11.8 Å². The summed E-state index contributed by atoms with van der Waals surface area (Å²) in [5, 5.41) is 5.59. The van der Waals surface area contributed by atoms with E-state index >= 15 is 0 Å². The summed E-state index contributed by atoms with van der Waals surface area (Å²) in [5.41, 5.74) is 3.73. The number of aryl methyl sites for hydroxylation is 1. The maximum Gasteiger partial charge on any atom is 0.272 e. The second-order valence-corrected chi connectivity index (χ2v) is 9.39. The van der Waals surface area contributed by atoms with Crippen molar-refractivity contribution in [1.82, 2.24) is 5.32 Å². The van der Waals surface area contributed by atoms with Gasteiger partial charge in [-0.15, -0.1) is 11.8 Å². The standard InChI is InChI=1S/C31H26N2O3S/c1-22-12-14-23(15-13-22)20-28(33-30(35)25-10-6-3-7-11-25)31(36)32-26-16-18-27(19-17-26)37-21-29(34)24-8-4-2-5-9-24/h2-20H,21H2,1H3,(H,32,36)(H,33,35)/b28-20-. The van der Waals surface area contributed by atoms with Crippen molar-refractivity contribution in [1.29, 1.82) is 0 Å². The third-order valence-electron chi connectivity index (χ3n) is 5.50. The van der Waals surface area contributed by atoms with Gasteiger partial charge in [0, 0.05) is 21.7 Å². The average Bonchev–Trinajstić information content (AvgIpc) is 2.94. The molecule has 0 saturated carbocycles. The Labute approximate surface area is 220 Å². The maximum atomic E-state index is 13.2. The van der Waals surface area contributed by atoms with Crippen molar-refractivity contribution in [3.05, 3.63) is 137 Å². The Kier molecular flexibility index (Phi) is 8.68. The van der Waals surface area contributed by atoms with Crippen LogP contribution in [0.2, 0.25) is 0 Å². The van der Waals surface area contributed by atoms with E-state index in [-0.39, 0.29) is 17.4 Å². The summed E-state index contributed by atoms with van der Waals surface area (Å²) < 4.78 is 0. The highest BCUT2D eigenvalue weighted by Crippen LogP contribution is 2.22. The number of hydrogen-bond acceptors (Lipinski definition) is 4. The second kappa shape index (κ2) is 12.5. The zero-order valence-electron chi connectivity index (χ0n) is 20.3. The first-order valence-electron chi connectivity index (χ1n) is 11.8. The van der Waals surface area contributed by atoms with E-state index in [1.54, 1.807) is 54.6 Å². The van der Waals surface area contributed by atoms with Gasteiger partial charge in [-0.1, -0.05) is 78.4 Å². The average molecular weight is 507 g/mol. The quantitative estimate of drug-likeness (QED) is 0.157. The minimum Gasteiger partial charge on any atom is -0.321 e. The van der Waals surface area contributed by atoms with Gasteiger partial charge in [0.25, 0.3) is 11.8 Å². The Morgan fingerprint density at radius 3 is 1.95 bits per heavy atom. The topological polar surface area (TPSA) is 75.3 Å². The predicted molar refractivity (Wildman–Crippen MR) is 150 cm³/mol. The van der Waals surface area contributed by atoms with Gasteiger partial charge < -0.3 is 10.6 Å². The lowest BCUT2D eigenvalue weighted by atomic mass is 10.1. The van der Waals surface area contributed by atoms with E-state index in [9.17, 15) is 14.4 Å². The Balaban J connectivity index is 1.44. The summed E-state index contributed by atoms with van der Waals surface area (Å²) in [5.74, 6) is -0.429. The van der Waals surface area contributed by atoms with Crippen molar-refractivity contribution < 1.29 is 14.4 Å². The van der Waals surface area contributed by atoms with Gasteiger partial charge in [-0.25, -0.2) is 0 Å². The molecule has 0 bridgehead atoms. The van der Waals surface area contributed by atoms with Crippen molar-refractivity contribution in [2.75, 3.05) is 11.1 Å². The molecule has 0 saturated heterocycles. The molecule has 4 aromatic rings. The van der Waals surface area contributed by atoms with E-state index in [0.717, 1.165) is 16.0 Å². The van der Waals surface area contributed by atoms with Gasteiger partial charge in [-0.3, -0.25) is 14.4 Å². The van der Waals surface area contributed by atoms with Crippen LogP contribution in [-0.4, -0.2) is 23.4 Å². The number of benzene rings is 4. The number of ketones is 1. The van der Waals surface area contributed by atoms with E-state index in [0.29, 0.717) is 22.6 Å². The number of rotatable bonds is 9. The third kappa shape index (κ3) is 7.53. The first-order valence-corrected chi connectivity index (χ1v) is 12.7. The number of carbonyl (C=O) groups is 3. The van der Waals surface area contributed by atoms with Gasteiger partial charge in [0.05, 0.1) is 5.75 Å². The molecular formula is C31H26N2O3S. The number of hydrogen-bond donors (Lipinski definition) is 2. The van der Waals surface area contributed by atoms with Gasteiger partial charge >= 0.3 is 0 Å². The van der Waals surface area contributed by atoms with Crippen LogP contribution in [0.15, 0.2) is 120 Å². The molecule has 37 heavy (non-hydrogen) atoms. The van der Waals surface area contributed by atoms with Crippen LogP contribution < -0.4 is 10.6 Å². The molecule has 0 aliphatic carbocycles. The third-order valence-corrected chi connectivity index (χ3v) is 6.51. The molecule has 0 radical (unpaired) electrons.